The van der Waals surface area contributed by atoms with Crippen molar-refractivity contribution in [1.82, 2.24) is 9.55 Å². The number of amides is 1. The Labute approximate surface area is 151 Å². The van der Waals surface area contributed by atoms with Gasteiger partial charge in [-0.1, -0.05) is 12.1 Å². The highest BCUT2D eigenvalue weighted by atomic mass is 32.1. The summed E-state index contributed by atoms with van der Waals surface area (Å²) >= 11 is 1.60. The van der Waals surface area contributed by atoms with Crippen LogP contribution >= 0.6 is 11.3 Å². The Bertz CT molecular complexity index is 894. The van der Waals surface area contributed by atoms with Gasteiger partial charge in [-0.05, 0) is 44.0 Å². The van der Waals surface area contributed by atoms with Crippen molar-refractivity contribution < 1.29 is 9.53 Å². The van der Waals surface area contributed by atoms with Crippen molar-refractivity contribution in [3.05, 3.63) is 57.5 Å². The zero-order valence-corrected chi connectivity index (χ0v) is 15.4. The molecule has 0 bridgehead atoms. The first-order chi connectivity index (χ1) is 12.0. The normalized spacial score (nSPS) is 10.8. The van der Waals surface area contributed by atoms with Crippen molar-refractivity contribution in [2.75, 3.05) is 7.11 Å². The van der Waals surface area contributed by atoms with E-state index in [0.717, 1.165) is 40.8 Å². The van der Waals surface area contributed by atoms with Gasteiger partial charge >= 0.3 is 0 Å². The first-order valence-corrected chi connectivity index (χ1v) is 8.93. The number of hydrogen-bond acceptors (Lipinski definition) is 4. The van der Waals surface area contributed by atoms with E-state index in [1.165, 1.54) is 5.56 Å². The standard InChI is InChI=1S/C19H21N3O2S/c1-12-16(19(20)23)10-18(17-11-25-13(2)21-17)22(12)9-8-14-4-6-15(24-3)7-5-14/h4-7,10-11H,8-9H2,1-3H3,(H2,20,23). The second-order valence-corrected chi connectivity index (χ2v) is 6.96. The Hall–Kier alpha value is -2.60. The number of carbonyl (C=O) groups is 1. The number of benzene rings is 1. The van der Waals surface area contributed by atoms with Crippen LogP contribution in [-0.2, 0) is 13.0 Å². The number of aryl methyl sites for hydroxylation is 2. The third-order valence-electron chi connectivity index (χ3n) is 4.30. The van der Waals surface area contributed by atoms with E-state index in [1.807, 2.05) is 37.4 Å². The van der Waals surface area contributed by atoms with Gasteiger partial charge in [-0.3, -0.25) is 4.79 Å². The van der Waals surface area contributed by atoms with Crippen LogP contribution in [0.3, 0.4) is 0 Å². The lowest BCUT2D eigenvalue weighted by Crippen LogP contribution is -2.13. The van der Waals surface area contributed by atoms with Gasteiger partial charge in [0.15, 0.2) is 0 Å². The Morgan fingerprint density at radius 1 is 1.28 bits per heavy atom. The molecule has 3 rings (SSSR count). The lowest BCUT2D eigenvalue weighted by Gasteiger charge is -2.11. The van der Waals surface area contributed by atoms with Crippen LogP contribution in [0.25, 0.3) is 11.4 Å². The third kappa shape index (κ3) is 3.58. The molecule has 2 N–H and O–H groups in total. The van der Waals surface area contributed by atoms with Crippen molar-refractivity contribution in [2.45, 2.75) is 26.8 Å². The summed E-state index contributed by atoms with van der Waals surface area (Å²) in [5.74, 6) is 0.435. The van der Waals surface area contributed by atoms with E-state index in [9.17, 15) is 4.79 Å². The summed E-state index contributed by atoms with van der Waals surface area (Å²) in [4.78, 5) is 16.3. The highest BCUT2D eigenvalue weighted by molar-refractivity contribution is 7.09. The van der Waals surface area contributed by atoms with Gasteiger partial charge in [0.2, 0.25) is 0 Å². The van der Waals surface area contributed by atoms with Gasteiger partial charge in [0, 0.05) is 17.6 Å². The van der Waals surface area contributed by atoms with Crippen LogP contribution < -0.4 is 10.5 Å². The maximum absolute atomic E-state index is 11.7. The number of primary amides is 1. The van der Waals surface area contributed by atoms with Crippen LogP contribution in [0.15, 0.2) is 35.7 Å². The average molecular weight is 355 g/mol. The maximum Gasteiger partial charge on any atom is 0.250 e. The molecule has 0 saturated carbocycles. The number of thiazole rings is 1. The number of rotatable bonds is 6. The van der Waals surface area contributed by atoms with Crippen molar-refractivity contribution in [3.8, 4) is 17.1 Å². The molecule has 0 saturated heterocycles. The molecule has 130 valence electrons. The molecule has 0 aliphatic carbocycles. The summed E-state index contributed by atoms with van der Waals surface area (Å²) in [6.07, 6.45) is 0.841. The molecule has 0 spiro atoms. The largest absolute Gasteiger partial charge is 0.497 e. The van der Waals surface area contributed by atoms with Crippen LogP contribution in [0, 0.1) is 13.8 Å². The molecule has 5 nitrogen and oxygen atoms in total. The van der Waals surface area contributed by atoms with Crippen LogP contribution in [0.4, 0.5) is 0 Å². The van der Waals surface area contributed by atoms with Gasteiger partial charge in [-0.2, -0.15) is 0 Å². The monoisotopic (exact) mass is 355 g/mol. The van der Waals surface area contributed by atoms with Gasteiger partial charge in [0.05, 0.1) is 29.1 Å². The Balaban J connectivity index is 1.91. The minimum atomic E-state index is -0.408. The molecule has 0 aliphatic heterocycles. The lowest BCUT2D eigenvalue weighted by molar-refractivity contribution is 0.0999. The molecule has 3 aromatic rings. The van der Waals surface area contributed by atoms with Gasteiger partial charge < -0.3 is 15.0 Å². The zero-order valence-electron chi connectivity index (χ0n) is 14.6. The fourth-order valence-corrected chi connectivity index (χ4v) is 3.52. The molecular weight excluding hydrogens is 334 g/mol. The van der Waals surface area contributed by atoms with E-state index in [2.05, 4.69) is 21.7 Å². The quantitative estimate of drug-likeness (QED) is 0.735. The molecule has 2 heterocycles. The molecule has 1 aromatic carbocycles. The van der Waals surface area contributed by atoms with E-state index >= 15 is 0 Å². The maximum atomic E-state index is 11.7. The third-order valence-corrected chi connectivity index (χ3v) is 5.07. The predicted molar refractivity (Wildman–Crippen MR) is 100 cm³/mol. The van der Waals surface area contributed by atoms with Crippen LogP contribution in [0.5, 0.6) is 5.75 Å². The number of hydrogen-bond donors (Lipinski definition) is 1. The number of carbonyl (C=O) groups excluding carboxylic acids is 1. The minimum absolute atomic E-state index is 0.408. The first kappa shape index (κ1) is 17.2. The Kier molecular flexibility index (Phi) is 4.90. The van der Waals surface area contributed by atoms with Gasteiger partial charge in [-0.15, -0.1) is 11.3 Å². The number of ether oxygens (including phenoxy) is 1. The highest BCUT2D eigenvalue weighted by Gasteiger charge is 2.18. The van der Waals surface area contributed by atoms with Crippen molar-refractivity contribution in [2.24, 2.45) is 5.73 Å². The molecule has 2 aromatic heterocycles. The summed E-state index contributed by atoms with van der Waals surface area (Å²) in [6, 6.07) is 9.87. The van der Waals surface area contributed by atoms with Gasteiger partial charge in [0.25, 0.3) is 5.91 Å². The molecule has 25 heavy (non-hydrogen) atoms. The second-order valence-electron chi connectivity index (χ2n) is 5.89. The second kappa shape index (κ2) is 7.11. The fraction of sp³-hybridized carbons (Fsp3) is 0.263. The molecular formula is C19H21N3O2S. The summed E-state index contributed by atoms with van der Waals surface area (Å²) in [6.45, 7) is 4.65. The topological polar surface area (TPSA) is 70.1 Å². The number of methoxy groups -OCH3 is 1. The van der Waals surface area contributed by atoms with Crippen LogP contribution in [-0.4, -0.2) is 22.6 Å². The smallest absolute Gasteiger partial charge is 0.250 e. The van der Waals surface area contributed by atoms with Crippen molar-refractivity contribution >= 4 is 17.2 Å². The minimum Gasteiger partial charge on any atom is -0.497 e. The average Bonchev–Trinajstić information content (AvgIpc) is 3.17. The van der Waals surface area contributed by atoms with E-state index < -0.39 is 5.91 Å². The lowest BCUT2D eigenvalue weighted by atomic mass is 10.1. The summed E-state index contributed by atoms with van der Waals surface area (Å²) in [5, 5.41) is 3.01. The molecule has 0 atom stereocenters. The van der Waals surface area contributed by atoms with Gasteiger partial charge in [-0.25, -0.2) is 4.98 Å². The predicted octanol–water partition coefficient (Wildman–Crippen LogP) is 3.58. The number of aromatic nitrogens is 2. The van der Waals surface area contributed by atoms with Crippen molar-refractivity contribution in [1.29, 1.82) is 0 Å². The molecule has 0 unspecified atom stereocenters. The molecule has 0 aliphatic rings. The Morgan fingerprint density at radius 2 is 2.00 bits per heavy atom. The highest BCUT2D eigenvalue weighted by Crippen LogP contribution is 2.27. The van der Waals surface area contributed by atoms with E-state index in [1.54, 1.807) is 18.4 Å². The first-order valence-electron chi connectivity index (χ1n) is 8.05. The summed E-state index contributed by atoms with van der Waals surface area (Å²) < 4.78 is 7.32. The summed E-state index contributed by atoms with van der Waals surface area (Å²) in [7, 11) is 1.66. The molecule has 0 fully saturated rings. The van der Waals surface area contributed by atoms with Crippen LogP contribution in [0.1, 0.15) is 26.6 Å². The SMILES string of the molecule is COc1ccc(CCn2c(-c3csc(C)n3)cc(C(N)=O)c2C)cc1. The van der Waals surface area contributed by atoms with Crippen molar-refractivity contribution in [3.63, 3.8) is 0 Å². The van der Waals surface area contributed by atoms with Gasteiger partial charge in [0.1, 0.15) is 5.75 Å². The van der Waals surface area contributed by atoms with E-state index in [4.69, 9.17) is 10.5 Å². The summed E-state index contributed by atoms with van der Waals surface area (Å²) in [5.41, 5.74) is 9.98. The number of nitrogens with zero attached hydrogens (tertiary/aromatic N) is 2. The molecule has 0 radical (unpaired) electrons. The zero-order chi connectivity index (χ0) is 18.0. The molecule has 1 amide bonds. The van der Waals surface area contributed by atoms with E-state index in [0.29, 0.717) is 5.56 Å². The Morgan fingerprint density at radius 3 is 2.56 bits per heavy atom. The molecule has 6 heteroatoms. The number of nitrogens with two attached hydrogens (primary N) is 1. The fourth-order valence-electron chi connectivity index (χ4n) is 2.91. The van der Waals surface area contributed by atoms with Crippen LogP contribution in [0.2, 0.25) is 0 Å². The van der Waals surface area contributed by atoms with E-state index in [-0.39, 0.29) is 0 Å².